The van der Waals surface area contributed by atoms with Gasteiger partial charge in [0.2, 0.25) is 0 Å². The second kappa shape index (κ2) is 6.13. The zero-order valence-electron chi connectivity index (χ0n) is 13.7. The molecule has 2 saturated heterocycles. The maximum Gasteiger partial charge on any atom is 0.253 e. The van der Waals surface area contributed by atoms with Crippen molar-refractivity contribution in [3.05, 3.63) is 29.3 Å². The van der Waals surface area contributed by atoms with E-state index in [1.54, 1.807) is 0 Å². The van der Waals surface area contributed by atoms with Gasteiger partial charge in [-0.05, 0) is 37.8 Å². The number of nitrogens with zero attached hydrogens (tertiary/aromatic N) is 1. The van der Waals surface area contributed by atoms with Gasteiger partial charge in [-0.25, -0.2) is 0 Å². The molecule has 0 saturated carbocycles. The van der Waals surface area contributed by atoms with E-state index in [1.165, 1.54) is 5.56 Å². The third-order valence-electron chi connectivity index (χ3n) is 5.25. The van der Waals surface area contributed by atoms with Crippen molar-refractivity contribution in [3.8, 4) is 0 Å². The summed E-state index contributed by atoms with van der Waals surface area (Å²) >= 11 is 0. The molecule has 2 N–H and O–H groups in total. The smallest absolute Gasteiger partial charge is 0.253 e. The first-order chi connectivity index (χ1) is 11.2. The number of hydrogen-bond donors (Lipinski definition) is 2. The lowest BCUT2D eigenvalue weighted by atomic mass is 9.99. The van der Waals surface area contributed by atoms with Gasteiger partial charge in [0.1, 0.15) is 0 Å². The van der Waals surface area contributed by atoms with Crippen molar-refractivity contribution >= 4 is 11.6 Å². The van der Waals surface area contributed by atoms with E-state index in [9.17, 15) is 4.79 Å². The molecule has 3 atom stereocenters. The number of amides is 1. The number of ether oxygens (including phenoxy) is 1. The number of fused-ring (bicyclic) bond motifs is 2. The number of carbonyl (C=O) groups excluding carboxylic acids is 1. The molecule has 1 amide bonds. The summed E-state index contributed by atoms with van der Waals surface area (Å²) in [6.45, 7) is 5.76. The summed E-state index contributed by atoms with van der Waals surface area (Å²) in [4.78, 5) is 15.2. The van der Waals surface area contributed by atoms with Crippen LogP contribution >= 0.6 is 0 Å². The van der Waals surface area contributed by atoms with Crippen LogP contribution in [0.3, 0.4) is 0 Å². The van der Waals surface area contributed by atoms with Gasteiger partial charge < -0.3 is 15.4 Å². The van der Waals surface area contributed by atoms with Crippen LogP contribution in [-0.4, -0.2) is 55.2 Å². The molecule has 0 aliphatic carbocycles. The Hall–Kier alpha value is -1.59. The Morgan fingerprint density at radius 2 is 2.30 bits per heavy atom. The number of anilines is 1. The van der Waals surface area contributed by atoms with E-state index in [0.29, 0.717) is 12.1 Å². The number of hydrogen-bond acceptors (Lipinski definition) is 4. The molecule has 4 rings (SSSR count). The minimum atomic E-state index is 0.0510. The average Bonchev–Trinajstić information content (AvgIpc) is 2.95. The minimum absolute atomic E-state index is 0.0510. The van der Waals surface area contributed by atoms with Gasteiger partial charge in [-0.3, -0.25) is 9.69 Å². The first-order valence-electron chi connectivity index (χ1n) is 8.73. The van der Waals surface area contributed by atoms with Crippen molar-refractivity contribution < 1.29 is 9.53 Å². The molecular formula is C18H25N3O2. The summed E-state index contributed by atoms with van der Waals surface area (Å²) in [6, 6.07) is 6.72. The lowest BCUT2D eigenvalue weighted by Gasteiger charge is -2.33. The maximum atomic E-state index is 12.7. The van der Waals surface area contributed by atoms with E-state index in [1.807, 2.05) is 12.1 Å². The highest BCUT2D eigenvalue weighted by Gasteiger charge is 2.37. The Balaban J connectivity index is 1.45. The fraction of sp³-hybridized carbons (Fsp3) is 0.611. The molecule has 1 aromatic carbocycles. The lowest BCUT2D eigenvalue weighted by Crippen LogP contribution is -2.45. The van der Waals surface area contributed by atoms with Gasteiger partial charge in [0.25, 0.3) is 5.91 Å². The monoisotopic (exact) mass is 315 g/mol. The number of aryl methyl sites for hydroxylation is 1. The Morgan fingerprint density at radius 1 is 1.39 bits per heavy atom. The quantitative estimate of drug-likeness (QED) is 0.871. The van der Waals surface area contributed by atoms with Crippen LogP contribution in [0.5, 0.6) is 0 Å². The summed E-state index contributed by atoms with van der Waals surface area (Å²) in [7, 11) is 0. The van der Waals surface area contributed by atoms with Crippen LogP contribution in [0.1, 0.15) is 35.7 Å². The van der Waals surface area contributed by atoms with Crippen molar-refractivity contribution in [2.75, 3.05) is 31.6 Å². The van der Waals surface area contributed by atoms with E-state index in [2.05, 4.69) is 28.5 Å². The second-order valence-corrected chi connectivity index (χ2v) is 7.03. The fourth-order valence-electron chi connectivity index (χ4n) is 4.11. The predicted octanol–water partition coefficient (Wildman–Crippen LogP) is 1.64. The highest BCUT2D eigenvalue weighted by atomic mass is 16.5. The third-order valence-corrected chi connectivity index (χ3v) is 5.25. The van der Waals surface area contributed by atoms with E-state index in [4.69, 9.17) is 4.74 Å². The number of carbonyl (C=O) groups is 1. The molecule has 0 spiro atoms. The summed E-state index contributed by atoms with van der Waals surface area (Å²) in [5.41, 5.74) is 3.08. The van der Waals surface area contributed by atoms with E-state index >= 15 is 0 Å². The van der Waals surface area contributed by atoms with Crippen molar-refractivity contribution in [2.45, 2.75) is 44.4 Å². The van der Waals surface area contributed by atoms with Gasteiger partial charge in [-0.15, -0.1) is 0 Å². The van der Waals surface area contributed by atoms with Gasteiger partial charge in [0, 0.05) is 31.7 Å². The lowest BCUT2D eigenvalue weighted by molar-refractivity contribution is -0.0390. The molecule has 3 aliphatic heterocycles. The number of nitrogens with one attached hydrogen (secondary N) is 2. The Labute approximate surface area is 137 Å². The van der Waals surface area contributed by atoms with Crippen LogP contribution in [0.2, 0.25) is 0 Å². The van der Waals surface area contributed by atoms with Crippen LogP contribution < -0.4 is 10.6 Å². The second-order valence-electron chi connectivity index (χ2n) is 7.03. The topological polar surface area (TPSA) is 53.6 Å². The molecule has 0 unspecified atom stereocenters. The number of benzene rings is 1. The normalized spacial score (nSPS) is 30.2. The SMILES string of the molecule is C[C@H]1CN2C[C@H](NC(=O)c3cccc4c3NCCC4)C[C@H]2CO1. The molecule has 5 nitrogen and oxygen atoms in total. The molecule has 2 fully saturated rings. The average molecular weight is 315 g/mol. The van der Waals surface area contributed by atoms with Gasteiger partial charge in [0.05, 0.1) is 24.0 Å². The standard InChI is InChI=1S/C18H25N3O2/c1-12-9-21-10-14(8-15(21)11-23-12)20-18(22)16-6-2-4-13-5-3-7-19-17(13)16/h2,4,6,12,14-15,19H,3,5,7-11H2,1H3,(H,20,22)/t12-,14+,15-/m0/s1. The molecule has 1 aromatic rings. The number of morpholine rings is 1. The van der Waals surface area contributed by atoms with Gasteiger partial charge >= 0.3 is 0 Å². The Bertz CT molecular complexity index is 604. The van der Waals surface area contributed by atoms with Gasteiger partial charge in [-0.1, -0.05) is 12.1 Å². The van der Waals surface area contributed by atoms with Crippen molar-refractivity contribution in [1.29, 1.82) is 0 Å². The van der Waals surface area contributed by atoms with Crippen LogP contribution in [0.4, 0.5) is 5.69 Å². The molecule has 3 aliphatic rings. The first kappa shape index (κ1) is 15.0. The third kappa shape index (κ3) is 2.95. The van der Waals surface area contributed by atoms with Crippen LogP contribution in [0.25, 0.3) is 0 Å². The highest BCUT2D eigenvalue weighted by Crippen LogP contribution is 2.27. The summed E-state index contributed by atoms with van der Waals surface area (Å²) in [5.74, 6) is 0.0510. The van der Waals surface area contributed by atoms with E-state index in [0.717, 1.165) is 56.8 Å². The zero-order valence-corrected chi connectivity index (χ0v) is 13.7. The van der Waals surface area contributed by atoms with E-state index in [-0.39, 0.29) is 11.9 Å². The maximum absolute atomic E-state index is 12.7. The number of rotatable bonds is 2. The van der Waals surface area contributed by atoms with Gasteiger partial charge in [-0.2, -0.15) is 0 Å². The predicted molar refractivity (Wildman–Crippen MR) is 89.9 cm³/mol. The van der Waals surface area contributed by atoms with Crippen molar-refractivity contribution in [2.24, 2.45) is 0 Å². The molecule has 0 radical (unpaired) electrons. The fourth-order valence-corrected chi connectivity index (χ4v) is 4.11. The summed E-state index contributed by atoms with van der Waals surface area (Å²) in [5, 5.41) is 6.64. The van der Waals surface area contributed by atoms with Crippen LogP contribution in [0, 0.1) is 0 Å². The first-order valence-corrected chi connectivity index (χ1v) is 8.73. The molecule has 3 heterocycles. The molecule has 5 heteroatoms. The largest absolute Gasteiger partial charge is 0.384 e. The molecule has 124 valence electrons. The van der Waals surface area contributed by atoms with E-state index < -0.39 is 0 Å². The zero-order chi connectivity index (χ0) is 15.8. The summed E-state index contributed by atoms with van der Waals surface area (Å²) < 4.78 is 5.74. The minimum Gasteiger partial charge on any atom is -0.384 e. The molecule has 23 heavy (non-hydrogen) atoms. The van der Waals surface area contributed by atoms with Gasteiger partial charge in [0.15, 0.2) is 0 Å². The van der Waals surface area contributed by atoms with Crippen molar-refractivity contribution in [3.63, 3.8) is 0 Å². The molecule has 0 aromatic heterocycles. The Kier molecular flexibility index (Phi) is 3.99. The molecule has 0 bridgehead atoms. The highest BCUT2D eigenvalue weighted by molar-refractivity contribution is 6.00. The molecular weight excluding hydrogens is 290 g/mol. The Morgan fingerprint density at radius 3 is 3.22 bits per heavy atom. The number of para-hydroxylation sites is 1. The van der Waals surface area contributed by atoms with Crippen LogP contribution in [-0.2, 0) is 11.2 Å². The van der Waals surface area contributed by atoms with Crippen molar-refractivity contribution in [1.82, 2.24) is 10.2 Å². The van der Waals surface area contributed by atoms with Crippen LogP contribution in [0.15, 0.2) is 18.2 Å². The summed E-state index contributed by atoms with van der Waals surface area (Å²) in [6.07, 6.45) is 3.47.